The van der Waals surface area contributed by atoms with Crippen LogP contribution in [0.2, 0.25) is 0 Å². The van der Waals surface area contributed by atoms with Crippen LogP contribution in [-0.2, 0) is 0 Å². The van der Waals surface area contributed by atoms with Crippen molar-refractivity contribution in [3.05, 3.63) is 33.4 Å². The molecule has 8 heteroatoms. The van der Waals surface area contributed by atoms with E-state index in [1.54, 1.807) is 0 Å². The molecule has 0 unspecified atom stereocenters. The van der Waals surface area contributed by atoms with Crippen LogP contribution in [0.3, 0.4) is 0 Å². The van der Waals surface area contributed by atoms with E-state index < -0.39 is 10.9 Å². The highest BCUT2D eigenvalue weighted by Gasteiger charge is 2.18. The number of halogens is 1. The lowest BCUT2D eigenvalue weighted by Crippen LogP contribution is -2.12. The van der Waals surface area contributed by atoms with E-state index >= 15 is 0 Å². The van der Waals surface area contributed by atoms with Gasteiger partial charge in [0.15, 0.2) is 0 Å². The van der Waals surface area contributed by atoms with Gasteiger partial charge in [-0.3, -0.25) is 10.1 Å². The number of rotatable bonds is 4. The Bertz CT molecular complexity index is 542. The zero-order valence-electron chi connectivity index (χ0n) is 9.38. The van der Waals surface area contributed by atoms with Gasteiger partial charge in [0, 0.05) is 6.07 Å². The summed E-state index contributed by atoms with van der Waals surface area (Å²) in [5.74, 6) is -1.28. The largest absolute Gasteiger partial charge is 0.478 e. The van der Waals surface area contributed by atoms with E-state index in [0.29, 0.717) is 0 Å². The molecule has 0 aliphatic heterocycles. The summed E-state index contributed by atoms with van der Waals surface area (Å²) >= 11 is 5.45. The molecule has 18 heavy (non-hydrogen) atoms. The minimum absolute atomic E-state index is 0.0511. The summed E-state index contributed by atoms with van der Waals surface area (Å²) in [6.07, 6.45) is 0. The molecule has 0 aliphatic carbocycles. The summed E-state index contributed by atoms with van der Waals surface area (Å²) in [6, 6.07) is 2.19. The number of nitrogens with zero attached hydrogens (tertiary/aromatic N) is 2. The SMILES string of the molecule is Cc1c(N=C(N)CCl)cc(C(=O)O)cc1[N+](=O)[O-]. The van der Waals surface area contributed by atoms with Crippen LogP contribution in [0.1, 0.15) is 15.9 Å². The molecular formula is C10H10ClN3O4. The molecule has 0 atom stereocenters. The molecule has 0 amide bonds. The second-order valence-corrected chi connectivity index (χ2v) is 3.71. The van der Waals surface area contributed by atoms with Gasteiger partial charge in [0.25, 0.3) is 5.69 Å². The second kappa shape index (κ2) is 5.46. The first-order chi connectivity index (χ1) is 8.36. The standard InChI is InChI=1S/C10H10ClN3O4/c1-5-7(13-9(12)4-11)2-6(10(15)16)3-8(5)14(17)18/h2-3H,4H2,1H3,(H2,12,13)(H,15,16). The summed E-state index contributed by atoms with van der Waals surface area (Å²) in [4.78, 5) is 24.9. The molecule has 7 nitrogen and oxygen atoms in total. The highest BCUT2D eigenvalue weighted by atomic mass is 35.5. The summed E-state index contributed by atoms with van der Waals surface area (Å²) in [7, 11) is 0. The second-order valence-electron chi connectivity index (χ2n) is 3.44. The lowest BCUT2D eigenvalue weighted by molar-refractivity contribution is -0.385. The fourth-order valence-electron chi connectivity index (χ4n) is 1.30. The van der Waals surface area contributed by atoms with Crippen LogP contribution in [0.5, 0.6) is 0 Å². The highest BCUT2D eigenvalue weighted by Crippen LogP contribution is 2.29. The smallest absolute Gasteiger partial charge is 0.336 e. The van der Waals surface area contributed by atoms with Crippen molar-refractivity contribution in [1.82, 2.24) is 0 Å². The third-order valence-electron chi connectivity index (χ3n) is 2.20. The lowest BCUT2D eigenvalue weighted by atomic mass is 10.1. The molecule has 0 saturated carbocycles. The number of nitrogens with two attached hydrogens (primary N) is 1. The zero-order valence-corrected chi connectivity index (χ0v) is 10.1. The first-order valence-corrected chi connectivity index (χ1v) is 5.31. The molecule has 0 radical (unpaired) electrons. The number of hydrogen-bond donors (Lipinski definition) is 2. The Morgan fingerprint density at radius 2 is 2.22 bits per heavy atom. The Morgan fingerprint density at radius 3 is 2.67 bits per heavy atom. The van der Waals surface area contributed by atoms with Crippen LogP contribution in [0.25, 0.3) is 0 Å². The number of nitro groups is 1. The number of benzene rings is 1. The Labute approximate surface area is 107 Å². The molecule has 0 heterocycles. The van der Waals surface area contributed by atoms with E-state index in [4.69, 9.17) is 22.4 Å². The Balaban J connectivity index is 3.50. The van der Waals surface area contributed by atoms with Crippen molar-refractivity contribution >= 4 is 34.8 Å². The molecule has 0 aliphatic rings. The quantitative estimate of drug-likeness (QED) is 0.285. The first-order valence-electron chi connectivity index (χ1n) is 4.78. The number of carbonyl (C=O) groups is 1. The number of aliphatic imine (C=N–C) groups is 1. The van der Waals surface area contributed by atoms with Gasteiger partial charge >= 0.3 is 5.97 Å². The average Bonchev–Trinajstić information content (AvgIpc) is 2.30. The van der Waals surface area contributed by atoms with Crippen LogP contribution in [-0.4, -0.2) is 27.7 Å². The molecule has 1 rings (SSSR count). The van der Waals surface area contributed by atoms with Crippen LogP contribution in [0, 0.1) is 17.0 Å². The van der Waals surface area contributed by atoms with Gasteiger partial charge in [-0.25, -0.2) is 9.79 Å². The fraction of sp³-hybridized carbons (Fsp3) is 0.200. The average molecular weight is 272 g/mol. The van der Waals surface area contributed by atoms with E-state index in [1.807, 2.05) is 0 Å². The molecule has 1 aromatic rings. The van der Waals surface area contributed by atoms with E-state index in [-0.39, 0.29) is 34.2 Å². The van der Waals surface area contributed by atoms with Crippen LogP contribution < -0.4 is 5.73 Å². The maximum atomic E-state index is 10.9. The number of aromatic carboxylic acids is 1. The molecular weight excluding hydrogens is 262 g/mol. The maximum absolute atomic E-state index is 10.9. The van der Waals surface area contributed by atoms with Crippen molar-refractivity contribution < 1.29 is 14.8 Å². The normalized spacial score (nSPS) is 11.3. The predicted molar refractivity (Wildman–Crippen MR) is 66.8 cm³/mol. The van der Waals surface area contributed by atoms with Gasteiger partial charge in [0.05, 0.1) is 27.6 Å². The Kier molecular flexibility index (Phi) is 4.22. The summed E-state index contributed by atoms with van der Waals surface area (Å²) in [5, 5.41) is 19.7. The first kappa shape index (κ1) is 13.9. The number of amidine groups is 1. The predicted octanol–water partition coefficient (Wildman–Crippen LogP) is 1.83. The van der Waals surface area contributed by atoms with Crippen molar-refractivity contribution in [1.29, 1.82) is 0 Å². The van der Waals surface area contributed by atoms with E-state index in [2.05, 4.69) is 4.99 Å². The van der Waals surface area contributed by atoms with Crippen LogP contribution in [0.4, 0.5) is 11.4 Å². The number of carboxylic acids is 1. The van der Waals surface area contributed by atoms with Crippen LogP contribution in [0.15, 0.2) is 17.1 Å². The molecule has 0 saturated heterocycles. The van der Waals surface area contributed by atoms with E-state index in [1.165, 1.54) is 13.0 Å². The van der Waals surface area contributed by atoms with Gasteiger partial charge in [-0.15, -0.1) is 11.6 Å². The maximum Gasteiger partial charge on any atom is 0.336 e. The van der Waals surface area contributed by atoms with Gasteiger partial charge in [-0.2, -0.15) is 0 Å². The monoisotopic (exact) mass is 271 g/mol. The van der Waals surface area contributed by atoms with Crippen molar-refractivity contribution in [2.75, 3.05) is 5.88 Å². The number of nitro benzene ring substituents is 1. The minimum Gasteiger partial charge on any atom is -0.478 e. The highest BCUT2D eigenvalue weighted by molar-refractivity contribution is 6.28. The molecule has 0 fully saturated rings. The summed E-state index contributed by atoms with van der Waals surface area (Å²) < 4.78 is 0. The van der Waals surface area contributed by atoms with Crippen molar-refractivity contribution in [3.8, 4) is 0 Å². The van der Waals surface area contributed by atoms with Crippen molar-refractivity contribution in [3.63, 3.8) is 0 Å². The van der Waals surface area contributed by atoms with Gasteiger partial charge in [0.2, 0.25) is 0 Å². The van der Waals surface area contributed by atoms with Crippen molar-refractivity contribution in [2.45, 2.75) is 6.92 Å². The molecule has 0 bridgehead atoms. The van der Waals surface area contributed by atoms with Gasteiger partial charge < -0.3 is 10.8 Å². The topological polar surface area (TPSA) is 119 Å². The Hall–Kier alpha value is -2.15. The molecule has 1 aromatic carbocycles. The Morgan fingerprint density at radius 1 is 1.61 bits per heavy atom. The number of hydrogen-bond acceptors (Lipinski definition) is 4. The molecule has 3 N–H and O–H groups in total. The summed E-state index contributed by atoms with van der Waals surface area (Å²) in [6.45, 7) is 1.46. The third-order valence-corrected chi connectivity index (χ3v) is 2.47. The molecule has 0 aromatic heterocycles. The van der Waals surface area contributed by atoms with Gasteiger partial charge in [-0.1, -0.05) is 0 Å². The number of alkyl halides is 1. The zero-order chi connectivity index (χ0) is 13.9. The number of carboxylic acid groups (broad SMARTS) is 1. The van der Waals surface area contributed by atoms with Crippen molar-refractivity contribution in [2.24, 2.45) is 10.7 Å². The molecule has 0 spiro atoms. The minimum atomic E-state index is -1.28. The van der Waals surface area contributed by atoms with E-state index in [0.717, 1.165) is 6.07 Å². The third kappa shape index (κ3) is 2.95. The fourth-order valence-corrected chi connectivity index (χ4v) is 1.36. The molecule has 96 valence electrons. The van der Waals surface area contributed by atoms with Gasteiger partial charge in [0.1, 0.15) is 5.84 Å². The summed E-state index contributed by atoms with van der Waals surface area (Å²) in [5.41, 5.74) is 5.23. The lowest BCUT2D eigenvalue weighted by Gasteiger charge is -2.04. The van der Waals surface area contributed by atoms with Gasteiger partial charge in [-0.05, 0) is 13.0 Å². The van der Waals surface area contributed by atoms with E-state index in [9.17, 15) is 14.9 Å². The van der Waals surface area contributed by atoms with Crippen LogP contribution >= 0.6 is 11.6 Å².